The molecule has 2 rings (SSSR count). The lowest BCUT2D eigenvalue weighted by Crippen LogP contribution is -2.22. The summed E-state index contributed by atoms with van der Waals surface area (Å²) < 4.78 is 0. The van der Waals surface area contributed by atoms with E-state index < -0.39 is 0 Å². The number of hydrogen-bond acceptors (Lipinski definition) is 3. The van der Waals surface area contributed by atoms with Gasteiger partial charge in [0.1, 0.15) is 5.82 Å². The second-order valence-electron chi connectivity index (χ2n) is 6.31. The van der Waals surface area contributed by atoms with E-state index in [0.29, 0.717) is 5.56 Å². The Bertz CT molecular complexity index is 448. The first kappa shape index (κ1) is 15.8. The number of nitrogens with zero attached hydrogens (tertiary/aromatic N) is 2. The van der Waals surface area contributed by atoms with Crippen molar-refractivity contribution >= 4 is 11.7 Å². The van der Waals surface area contributed by atoms with Crippen molar-refractivity contribution in [2.45, 2.75) is 39.0 Å². The summed E-state index contributed by atoms with van der Waals surface area (Å²) >= 11 is 0. The first-order valence-corrected chi connectivity index (χ1v) is 8.01. The Balaban J connectivity index is 1.80. The number of pyridine rings is 1. The average Bonchev–Trinajstić information content (AvgIpc) is 2.53. The third-order valence-corrected chi connectivity index (χ3v) is 4.53. The van der Waals surface area contributed by atoms with Crippen molar-refractivity contribution in [1.82, 2.24) is 9.88 Å². The molecule has 1 aromatic heterocycles. The normalized spacial score (nSPS) is 21.9. The van der Waals surface area contributed by atoms with Gasteiger partial charge in [-0.3, -0.25) is 4.79 Å². The number of aromatic nitrogens is 1. The van der Waals surface area contributed by atoms with Crippen molar-refractivity contribution in [3.8, 4) is 0 Å². The maximum atomic E-state index is 11.8. The van der Waals surface area contributed by atoms with Crippen molar-refractivity contribution in [2.24, 2.45) is 11.8 Å². The smallest absolute Gasteiger partial charge is 0.254 e. The summed E-state index contributed by atoms with van der Waals surface area (Å²) in [4.78, 5) is 17.7. The molecule has 0 aliphatic heterocycles. The first-order chi connectivity index (χ1) is 10.1. The molecule has 1 fully saturated rings. The SMILES string of the molecule is CCC1CCC(CNc2ccc(C(=O)N(C)C)cn2)CC1. The number of nitrogens with one attached hydrogen (secondary N) is 1. The molecule has 116 valence electrons. The van der Waals surface area contributed by atoms with Crippen molar-refractivity contribution in [2.75, 3.05) is 26.0 Å². The zero-order chi connectivity index (χ0) is 15.2. The molecule has 1 aliphatic carbocycles. The molecule has 0 unspecified atom stereocenters. The highest BCUT2D eigenvalue weighted by atomic mass is 16.2. The van der Waals surface area contributed by atoms with Crippen LogP contribution in [-0.4, -0.2) is 36.4 Å². The van der Waals surface area contributed by atoms with Gasteiger partial charge in [-0.15, -0.1) is 0 Å². The third-order valence-electron chi connectivity index (χ3n) is 4.53. The minimum atomic E-state index is -0.00746. The highest BCUT2D eigenvalue weighted by molar-refractivity contribution is 5.93. The van der Waals surface area contributed by atoms with Gasteiger partial charge in [0.05, 0.1) is 5.56 Å². The Morgan fingerprint density at radius 2 is 1.90 bits per heavy atom. The van der Waals surface area contributed by atoms with Crippen LogP contribution < -0.4 is 5.32 Å². The molecule has 21 heavy (non-hydrogen) atoms. The van der Waals surface area contributed by atoms with Crippen LogP contribution in [0, 0.1) is 11.8 Å². The minimum absolute atomic E-state index is 0.00746. The van der Waals surface area contributed by atoms with Crippen LogP contribution in [0.15, 0.2) is 18.3 Å². The molecule has 0 spiro atoms. The van der Waals surface area contributed by atoms with Gasteiger partial charge in [-0.2, -0.15) is 0 Å². The van der Waals surface area contributed by atoms with Gasteiger partial charge in [-0.1, -0.05) is 26.2 Å². The number of carbonyl (C=O) groups is 1. The summed E-state index contributed by atoms with van der Waals surface area (Å²) in [5.74, 6) is 2.56. The fraction of sp³-hybridized carbons (Fsp3) is 0.647. The quantitative estimate of drug-likeness (QED) is 0.903. The summed E-state index contributed by atoms with van der Waals surface area (Å²) in [6, 6.07) is 3.74. The largest absolute Gasteiger partial charge is 0.370 e. The maximum absolute atomic E-state index is 11.8. The zero-order valence-corrected chi connectivity index (χ0v) is 13.4. The second kappa shape index (κ2) is 7.43. The van der Waals surface area contributed by atoms with Gasteiger partial charge < -0.3 is 10.2 Å². The maximum Gasteiger partial charge on any atom is 0.254 e. The molecule has 4 heteroatoms. The second-order valence-corrected chi connectivity index (χ2v) is 6.31. The van der Waals surface area contributed by atoms with Gasteiger partial charge in [0.25, 0.3) is 5.91 Å². The lowest BCUT2D eigenvalue weighted by Gasteiger charge is -2.28. The van der Waals surface area contributed by atoms with Crippen LogP contribution in [0.5, 0.6) is 0 Å². The molecule has 1 aliphatic rings. The number of hydrogen-bond donors (Lipinski definition) is 1. The van der Waals surface area contributed by atoms with Gasteiger partial charge in [0.15, 0.2) is 0 Å². The highest BCUT2D eigenvalue weighted by Gasteiger charge is 2.19. The van der Waals surface area contributed by atoms with E-state index >= 15 is 0 Å². The van der Waals surface area contributed by atoms with Crippen molar-refractivity contribution in [1.29, 1.82) is 0 Å². The molecule has 1 saturated carbocycles. The predicted molar refractivity (Wildman–Crippen MR) is 86.5 cm³/mol. The lowest BCUT2D eigenvalue weighted by molar-refractivity contribution is 0.0827. The van der Waals surface area contributed by atoms with E-state index in [4.69, 9.17) is 0 Å². The van der Waals surface area contributed by atoms with E-state index in [1.807, 2.05) is 12.1 Å². The molecule has 1 amide bonds. The van der Waals surface area contributed by atoms with E-state index in [9.17, 15) is 4.79 Å². The van der Waals surface area contributed by atoms with E-state index in [-0.39, 0.29) is 5.91 Å². The monoisotopic (exact) mass is 289 g/mol. The summed E-state index contributed by atoms with van der Waals surface area (Å²) in [5.41, 5.74) is 0.633. The van der Waals surface area contributed by atoms with Crippen LogP contribution >= 0.6 is 0 Å². The molecule has 0 aromatic carbocycles. The first-order valence-electron chi connectivity index (χ1n) is 8.01. The number of anilines is 1. The molecule has 0 saturated heterocycles. The average molecular weight is 289 g/mol. The fourth-order valence-corrected chi connectivity index (χ4v) is 2.98. The lowest BCUT2D eigenvalue weighted by atomic mass is 9.81. The third kappa shape index (κ3) is 4.45. The number of rotatable bonds is 5. The van der Waals surface area contributed by atoms with Crippen molar-refractivity contribution in [3.05, 3.63) is 23.9 Å². The van der Waals surface area contributed by atoms with Crippen LogP contribution in [-0.2, 0) is 0 Å². The summed E-state index contributed by atoms with van der Waals surface area (Å²) in [6.07, 6.45) is 8.35. The van der Waals surface area contributed by atoms with Crippen LogP contribution in [0.2, 0.25) is 0 Å². The highest BCUT2D eigenvalue weighted by Crippen LogP contribution is 2.30. The fourth-order valence-electron chi connectivity index (χ4n) is 2.98. The molecule has 0 atom stereocenters. The van der Waals surface area contributed by atoms with Crippen LogP contribution in [0.4, 0.5) is 5.82 Å². The topological polar surface area (TPSA) is 45.2 Å². The van der Waals surface area contributed by atoms with E-state index in [0.717, 1.165) is 24.2 Å². The standard InChI is InChI=1S/C17H27N3O/c1-4-13-5-7-14(8-6-13)11-18-16-10-9-15(12-19-16)17(21)20(2)3/h9-10,12-14H,4-8,11H2,1-3H3,(H,18,19). The zero-order valence-electron chi connectivity index (χ0n) is 13.4. The number of amides is 1. The van der Waals surface area contributed by atoms with Gasteiger partial charge in [0.2, 0.25) is 0 Å². The van der Waals surface area contributed by atoms with Crippen LogP contribution in [0.25, 0.3) is 0 Å². The van der Waals surface area contributed by atoms with E-state index in [1.54, 1.807) is 25.2 Å². The van der Waals surface area contributed by atoms with Gasteiger partial charge in [-0.25, -0.2) is 4.98 Å². The van der Waals surface area contributed by atoms with Gasteiger partial charge in [0, 0.05) is 26.8 Å². The van der Waals surface area contributed by atoms with E-state index in [2.05, 4.69) is 17.2 Å². The molecule has 4 nitrogen and oxygen atoms in total. The Morgan fingerprint density at radius 1 is 1.24 bits per heavy atom. The van der Waals surface area contributed by atoms with Crippen molar-refractivity contribution < 1.29 is 4.79 Å². The molecule has 1 N–H and O–H groups in total. The Kier molecular flexibility index (Phi) is 5.59. The Labute approximate surface area is 127 Å². The summed E-state index contributed by atoms with van der Waals surface area (Å²) in [5, 5.41) is 3.41. The number of carbonyl (C=O) groups excluding carboxylic acids is 1. The molecular weight excluding hydrogens is 262 g/mol. The summed E-state index contributed by atoms with van der Waals surface area (Å²) in [6.45, 7) is 3.29. The Hall–Kier alpha value is -1.58. The van der Waals surface area contributed by atoms with Gasteiger partial charge in [-0.05, 0) is 36.8 Å². The molecule has 1 aromatic rings. The van der Waals surface area contributed by atoms with Gasteiger partial charge >= 0.3 is 0 Å². The molecular formula is C17H27N3O. The van der Waals surface area contributed by atoms with E-state index in [1.165, 1.54) is 32.1 Å². The molecule has 0 radical (unpaired) electrons. The van der Waals surface area contributed by atoms with Crippen molar-refractivity contribution in [3.63, 3.8) is 0 Å². The summed E-state index contributed by atoms with van der Waals surface area (Å²) in [7, 11) is 3.50. The molecule has 0 bridgehead atoms. The van der Waals surface area contributed by atoms with Crippen LogP contribution in [0.1, 0.15) is 49.4 Å². The predicted octanol–water partition coefficient (Wildman–Crippen LogP) is 3.41. The van der Waals surface area contributed by atoms with Crippen LogP contribution in [0.3, 0.4) is 0 Å². The Morgan fingerprint density at radius 3 is 2.43 bits per heavy atom. The molecule has 1 heterocycles. The minimum Gasteiger partial charge on any atom is -0.370 e.